The summed E-state index contributed by atoms with van der Waals surface area (Å²) in [6.45, 7) is 2.07. The maximum Gasteiger partial charge on any atom is 0.329 e. The second-order valence-corrected chi connectivity index (χ2v) is 9.32. The Morgan fingerprint density at radius 1 is 0.923 bits per heavy atom. The zero-order chi connectivity index (χ0) is 18.5. The van der Waals surface area contributed by atoms with Gasteiger partial charge in [-0.15, -0.1) is 0 Å². The van der Waals surface area contributed by atoms with Crippen molar-refractivity contribution >= 4 is 38.8 Å². The molecule has 2 saturated heterocycles. The number of hydrogen-bond acceptors (Lipinski definition) is 3. The van der Waals surface area contributed by atoms with E-state index in [0.29, 0.717) is 10.7 Å². The van der Waals surface area contributed by atoms with Gasteiger partial charge in [-0.3, -0.25) is 9.80 Å². The third-order valence-electron chi connectivity index (χ3n) is 5.10. The van der Waals surface area contributed by atoms with E-state index in [4.69, 9.17) is 11.6 Å². The Morgan fingerprint density at radius 2 is 1.38 bits per heavy atom. The predicted molar refractivity (Wildman–Crippen MR) is 104 cm³/mol. The Bertz CT molecular complexity index is 942. The molecule has 26 heavy (non-hydrogen) atoms. The minimum Gasteiger partial charge on any atom is -0.288 e. The summed E-state index contributed by atoms with van der Waals surface area (Å²) in [5, 5.41) is 0.572. The SMILES string of the molecule is CCc1ccc(N2C(=O)N(c3ccc(Cl)cc3)[C@H]3CS(=O)(=O)C[C@@H]32)cc1. The average Bonchev–Trinajstić information content (AvgIpc) is 3.05. The number of carbonyl (C=O) groups excluding carboxylic acids is 1. The topological polar surface area (TPSA) is 57.7 Å². The molecule has 4 rings (SSSR count). The van der Waals surface area contributed by atoms with Gasteiger partial charge in [-0.1, -0.05) is 30.7 Å². The van der Waals surface area contributed by atoms with Crippen molar-refractivity contribution in [1.29, 1.82) is 0 Å². The number of halogens is 1. The van der Waals surface area contributed by atoms with E-state index in [9.17, 15) is 13.2 Å². The molecule has 2 aliphatic rings. The molecule has 0 aliphatic carbocycles. The lowest BCUT2D eigenvalue weighted by Crippen LogP contribution is -2.37. The molecule has 2 aromatic carbocycles. The zero-order valence-electron chi connectivity index (χ0n) is 14.3. The Balaban J connectivity index is 1.77. The van der Waals surface area contributed by atoms with Crippen LogP contribution in [0, 0.1) is 0 Å². The number of urea groups is 1. The highest BCUT2D eigenvalue weighted by Gasteiger charge is 2.54. The van der Waals surface area contributed by atoms with Crippen LogP contribution >= 0.6 is 11.6 Å². The van der Waals surface area contributed by atoms with Gasteiger partial charge in [0.2, 0.25) is 0 Å². The third-order valence-corrected chi connectivity index (χ3v) is 7.05. The van der Waals surface area contributed by atoms with Gasteiger partial charge in [-0.05, 0) is 48.4 Å². The number of anilines is 2. The van der Waals surface area contributed by atoms with Crippen molar-refractivity contribution in [2.75, 3.05) is 21.3 Å². The maximum absolute atomic E-state index is 13.2. The first-order chi connectivity index (χ1) is 12.4. The van der Waals surface area contributed by atoms with Crippen LogP contribution < -0.4 is 9.80 Å². The van der Waals surface area contributed by atoms with Gasteiger partial charge in [-0.2, -0.15) is 0 Å². The molecule has 0 radical (unpaired) electrons. The number of nitrogens with zero attached hydrogens (tertiary/aromatic N) is 2. The van der Waals surface area contributed by atoms with Crippen LogP contribution in [0.3, 0.4) is 0 Å². The number of rotatable bonds is 3. The van der Waals surface area contributed by atoms with E-state index < -0.39 is 9.84 Å². The van der Waals surface area contributed by atoms with E-state index in [1.807, 2.05) is 24.3 Å². The van der Waals surface area contributed by atoms with Crippen LogP contribution in [0.2, 0.25) is 5.02 Å². The molecule has 2 fully saturated rings. The number of hydrogen-bond donors (Lipinski definition) is 0. The fourth-order valence-electron chi connectivity index (χ4n) is 3.80. The Morgan fingerprint density at radius 3 is 1.85 bits per heavy atom. The molecule has 0 aromatic heterocycles. The molecule has 2 aromatic rings. The fourth-order valence-corrected chi connectivity index (χ4v) is 5.85. The smallest absolute Gasteiger partial charge is 0.288 e. The molecular formula is C19H19ClN2O3S. The average molecular weight is 391 g/mol. The summed E-state index contributed by atoms with van der Waals surface area (Å²) in [4.78, 5) is 16.4. The molecular weight excluding hydrogens is 372 g/mol. The largest absolute Gasteiger partial charge is 0.329 e. The molecule has 2 aliphatic heterocycles. The molecule has 5 nitrogen and oxygen atoms in total. The minimum absolute atomic E-state index is 0.0109. The van der Waals surface area contributed by atoms with Gasteiger partial charge in [0, 0.05) is 16.4 Å². The van der Waals surface area contributed by atoms with E-state index >= 15 is 0 Å². The van der Waals surface area contributed by atoms with Gasteiger partial charge in [0.15, 0.2) is 9.84 Å². The first-order valence-corrected chi connectivity index (χ1v) is 10.8. The van der Waals surface area contributed by atoms with Crippen LogP contribution in [0.15, 0.2) is 48.5 Å². The predicted octanol–water partition coefficient (Wildman–Crippen LogP) is 3.51. The van der Waals surface area contributed by atoms with Crippen molar-refractivity contribution in [2.45, 2.75) is 25.4 Å². The van der Waals surface area contributed by atoms with Crippen molar-refractivity contribution in [3.63, 3.8) is 0 Å². The summed E-state index contributed by atoms with van der Waals surface area (Å²) in [6.07, 6.45) is 0.908. The highest BCUT2D eigenvalue weighted by molar-refractivity contribution is 7.91. The molecule has 2 amide bonds. The highest BCUT2D eigenvalue weighted by atomic mass is 35.5. The standard InChI is InChI=1S/C19H19ClN2O3S/c1-2-13-3-7-15(8-4-13)21-17-11-26(24,25)12-18(17)22(19(21)23)16-9-5-14(20)6-10-16/h3-10,17-18H,2,11-12H2,1H3/t17-,18-/m0/s1. The molecule has 2 heterocycles. The van der Waals surface area contributed by atoms with Crippen LogP contribution in [0.5, 0.6) is 0 Å². The number of sulfone groups is 1. The van der Waals surface area contributed by atoms with Crippen molar-refractivity contribution in [3.8, 4) is 0 Å². The second-order valence-electron chi connectivity index (χ2n) is 6.73. The zero-order valence-corrected chi connectivity index (χ0v) is 15.9. The first kappa shape index (κ1) is 17.4. The summed E-state index contributed by atoms with van der Waals surface area (Å²) < 4.78 is 24.5. The molecule has 0 saturated carbocycles. The van der Waals surface area contributed by atoms with E-state index in [1.165, 1.54) is 5.56 Å². The molecule has 0 spiro atoms. The lowest BCUT2D eigenvalue weighted by molar-refractivity contribution is 0.255. The lowest BCUT2D eigenvalue weighted by Gasteiger charge is -2.23. The molecule has 136 valence electrons. The van der Waals surface area contributed by atoms with E-state index in [1.54, 1.807) is 34.1 Å². The summed E-state index contributed by atoms with van der Waals surface area (Å²) in [7, 11) is -3.19. The van der Waals surface area contributed by atoms with Gasteiger partial charge in [0.05, 0.1) is 23.6 Å². The maximum atomic E-state index is 13.2. The minimum atomic E-state index is -3.19. The number of aryl methyl sites for hydroxylation is 1. The molecule has 7 heteroatoms. The van der Waals surface area contributed by atoms with Crippen molar-refractivity contribution < 1.29 is 13.2 Å². The Hall–Kier alpha value is -2.05. The van der Waals surface area contributed by atoms with Crippen molar-refractivity contribution in [1.82, 2.24) is 0 Å². The third kappa shape index (κ3) is 2.87. The van der Waals surface area contributed by atoms with Gasteiger partial charge in [0.1, 0.15) is 0 Å². The van der Waals surface area contributed by atoms with E-state index in [-0.39, 0.29) is 29.6 Å². The van der Waals surface area contributed by atoms with E-state index in [0.717, 1.165) is 12.1 Å². The van der Waals surface area contributed by atoms with Crippen molar-refractivity contribution in [2.24, 2.45) is 0 Å². The van der Waals surface area contributed by atoms with Crippen LogP contribution in [0.4, 0.5) is 16.2 Å². The summed E-state index contributed by atoms with van der Waals surface area (Å²) in [6, 6.07) is 13.7. The van der Waals surface area contributed by atoms with Gasteiger partial charge < -0.3 is 0 Å². The van der Waals surface area contributed by atoms with Crippen molar-refractivity contribution in [3.05, 3.63) is 59.1 Å². The van der Waals surface area contributed by atoms with Gasteiger partial charge >= 0.3 is 6.03 Å². The summed E-state index contributed by atoms with van der Waals surface area (Å²) in [5.74, 6) is -0.0292. The normalized spacial score (nSPS) is 24.2. The summed E-state index contributed by atoms with van der Waals surface area (Å²) in [5.41, 5.74) is 2.57. The fraction of sp³-hybridized carbons (Fsp3) is 0.316. The molecule has 0 N–H and O–H groups in total. The number of carbonyl (C=O) groups is 1. The van der Waals surface area contributed by atoms with E-state index in [2.05, 4.69) is 6.92 Å². The number of fused-ring (bicyclic) bond motifs is 1. The monoisotopic (exact) mass is 390 g/mol. The van der Waals surface area contributed by atoms with Crippen LogP contribution in [-0.4, -0.2) is 38.0 Å². The van der Waals surface area contributed by atoms with Crippen LogP contribution in [0.1, 0.15) is 12.5 Å². The second kappa shape index (κ2) is 6.28. The Labute approximate surface area is 158 Å². The lowest BCUT2D eigenvalue weighted by atomic mass is 10.1. The molecule has 2 atom stereocenters. The highest BCUT2D eigenvalue weighted by Crippen LogP contribution is 2.38. The first-order valence-electron chi connectivity index (χ1n) is 8.57. The van der Waals surface area contributed by atoms with Crippen LogP contribution in [-0.2, 0) is 16.3 Å². The molecule has 0 unspecified atom stereocenters. The van der Waals surface area contributed by atoms with Gasteiger partial charge in [0.25, 0.3) is 0 Å². The van der Waals surface area contributed by atoms with Crippen LogP contribution in [0.25, 0.3) is 0 Å². The number of amides is 2. The quantitative estimate of drug-likeness (QED) is 0.753. The van der Waals surface area contributed by atoms with Gasteiger partial charge in [-0.25, -0.2) is 13.2 Å². The Kier molecular flexibility index (Phi) is 4.20. The number of benzene rings is 2. The summed E-state index contributed by atoms with van der Waals surface area (Å²) >= 11 is 5.95. The molecule has 0 bridgehead atoms.